The summed E-state index contributed by atoms with van der Waals surface area (Å²) in [5, 5.41) is 3.40. The van der Waals surface area contributed by atoms with E-state index in [1.54, 1.807) is 0 Å². The van der Waals surface area contributed by atoms with Crippen molar-refractivity contribution in [3.05, 3.63) is 23.9 Å². The smallest absolute Gasteiger partial charge is 0.128 e. The summed E-state index contributed by atoms with van der Waals surface area (Å²) >= 11 is 0. The fraction of sp³-hybridized carbons (Fsp3) is 0.615. The minimum absolute atomic E-state index is 0.934. The van der Waals surface area contributed by atoms with Crippen LogP contribution in [-0.2, 0) is 6.54 Å². The van der Waals surface area contributed by atoms with E-state index in [9.17, 15) is 0 Å². The van der Waals surface area contributed by atoms with Crippen LogP contribution in [-0.4, -0.2) is 25.1 Å². The van der Waals surface area contributed by atoms with Gasteiger partial charge in [-0.1, -0.05) is 13.8 Å². The van der Waals surface area contributed by atoms with Gasteiger partial charge in [-0.15, -0.1) is 0 Å². The van der Waals surface area contributed by atoms with E-state index in [1.165, 1.54) is 12.0 Å². The molecule has 1 N–H and O–H groups in total. The predicted octanol–water partition coefficient (Wildman–Crippen LogP) is 2.43. The van der Waals surface area contributed by atoms with Crippen LogP contribution in [0.25, 0.3) is 0 Å². The van der Waals surface area contributed by atoms with Crippen molar-refractivity contribution in [1.29, 1.82) is 0 Å². The average molecular weight is 221 g/mol. The van der Waals surface area contributed by atoms with Crippen LogP contribution in [0.4, 0.5) is 5.82 Å². The largest absolute Gasteiger partial charge is 0.360 e. The Labute approximate surface area is 98.9 Å². The van der Waals surface area contributed by atoms with Crippen molar-refractivity contribution < 1.29 is 0 Å². The van der Waals surface area contributed by atoms with E-state index in [0.29, 0.717) is 0 Å². The summed E-state index contributed by atoms with van der Waals surface area (Å²) in [5.41, 5.74) is 1.31. The molecule has 0 radical (unpaired) electrons. The lowest BCUT2D eigenvalue weighted by atomic mass is 10.2. The van der Waals surface area contributed by atoms with Gasteiger partial charge in [-0.25, -0.2) is 4.98 Å². The number of rotatable bonds is 7. The SMILES string of the molecule is CCCNCc1ccnc(N(C)CCC)c1. The molecule has 16 heavy (non-hydrogen) atoms. The molecule has 1 rings (SSSR count). The first kappa shape index (κ1) is 13.0. The fourth-order valence-corrected chi connectivity index (χ4v) is 1.64. The number of aromatic nitrogens is 1. The molecule has 0 spiro atoms. The average Bonchev–Trinajstić information content (AvgIpc) is 2.30. The molecule has 1 aromatic rings. The molecule has 0 aliphatic rings. The van der Waals surface area contributed by atoms with Crippen LogP contribution in [0.1, 0.15) is 32.3 Å². The highest BCUT2D eigenvalue weighted by molar-refractivity contribution is 5.39. The van der Waals surface area contributed by atoms with Gasteiger partial charge in [0.25, 0.3) is 0 Å². The highest BCUT2D eigenvalue weighted by atomic mass is 15.2. The summed E-state index contributed by atoms with van der Waals surface area (Å²) in [5.74, 6) is 1.07. The maximum atomic E-state index is 4.38. The molecule has 3 heteroatoms. The van der Waals surface area contributed by atoms with Crippen LogP contribution in [0.15, 0.2) is 18.3 Å². The molecule has 3 nitrogen and oxygen atoms in total. The molecule has 0 amide bonds. The number of nitrogens with one attached hydrogen (secondary N) is 1. The molecule has 0 bridgehead atoms. The second kappa shape index (κ2) is 7.23. The molecule has 0 atom stereocenters. The van der Waals surface area contributed by atoms with Gasteiger partial charge in [0.05, 0.1) is 0 Å². The minimum Gasteiger partial charge on any atom is -0.360 e. The van der Waals surface area contributed by atoms with Gasteiger partial charge in [0.1, 0.15) is 5.82 Å². The van der Waals surface area contributed by atoms with Crippen LogP contribution in [0.2, 0.25) is 0 Å². The second-order valence-electron chi connectivity index (χ2n) is 4.12. The van der Waals surface area contributed by atoms with Crippen molar-refractivity contribution in [2.24, 2.45) is 0 Å². The Hall–Kier alpha value is -1.09. The summed E-state index contributed by atoms with van der Waals surface area (Å²) in [4.78, 5) is 6.58. The van der Waals surface area contributed by atoms with Crippen LogP contribution < -0.4 is 10.2 Å². The first-order valence-electron chi connectivity index (χ1n) is 6.14. The van der Waals surface area contributed by atoms with Crippen LogP contribution in [0.3, 0.4) is 0 Å². The van der Waals surface area contributed by atoms with Gasteiger partial charge in [0, 0.05) is 26.3 Å². The molecule has 90 valence electrons. The number of nitrogens with zero attached hydrogens (tertiary/aromatic N) is 2. The van der Waals surface area contributed by atoms with E-state index < -0.39 is 0 Å². The van der Waals surface area contributed by atoms with E-state index >= 15 is 0 Å². The Morgan fingerprint density at radius 2 is 2.12 bits per heavy atom. The quantitative estimate of drug-likeness (QED) is 0.717. The van der Waals surface area contributed by atoms with Gasteiger partial charge < -0.3 is 10.2 Å². The zero-order valence-electron chi connectivity index (χ0n) is 10.7. The highest BCUT2D eigenvalue weighted by Crippen LogP contribution is 2.11. The van der Waals surface area contributed by atoms with Crippen molar-refractivity contribution >= 4 is 5.82 Å². The first-order chi connectivity index (χ1) is 7.77. The maximum absolute atomic E-state index is 4.38. The molecule has 0 unspecified atom stereocenters. The molecule has 0 aliphatic heterocycles. The van der Waals surface area contributed by atoms with Gasteiger partial charge >= 0.3 is 0 Å². The number of pyridine rings is 1. The molecule has 0 aromatic carbocycles. The topological polar surface area (TPSA) is 28.2 Å². The zero-order valence-corrected chi connectivity index (χ0v) is 10.7. The van der Waals surface area contributed by atoms with Crippen molar-refractivity contribution in [2.75, 3.05) is 25.0 Å². The third kappa shape index (κ3) is 4.19. The monoisotopic (exact) mass is 221 g/mol. The van der Waals surface area contributed by atoms with Gasteiger partial charge in [0.15, 0.2) is 0 Å². The van der Waals surface area contributed by atoms with Gasteiger partial charge in [-0.05, 0) is 37.1 Å². The van der Waals surface area contributed by atoms with Gasteiger partial charge in [-0.3, -0.25) is 0 Å². The lowest BCUT2D eigenvalue weighted by Gasteiger charge is -2.17. The van der Waals surface area contributed by atoms with Crippen LogP contribution >= 0.6 is 0 Å². The Morgan fingerprint density at radius 1 is 1.31 bits per heavy atom. The van der Waals surface area contributed by atoms with E-state index in [2.05, 4.69) is 48.2 Å². The van der Waals surface area contributed by atoms with Gasteiger partial charge in [0.2, 0.25) is 0 Å². The van der Waals surface area contributed by atoms with E-state index in [4.69, 9.17) is 0 Å². The van der Waals surface area contributed by atoms with E-state index in [1.807, 2.05) is 6.20 Å². The predicted molar refractivity (Wildman–Crippen MR) is 69.8 cm³/mol. The minimum atomic E-state index is 0.934. The standard InChI is InChI=1S/C13H23N3/c1-4-7-14-11-12-6-8-15-13(10-12)16(3)9-5-2/h6,8,10,14H,4-5,7,9,11H2,1-3H3. The Kier molecular flexibility index (Phi) is 5.86. The Bertz CT molecular complexity index is 299. The summed E-state index contributed by atoms with van der Waals surface area (Å²) < 4.78 is 0. The van der Waals surface area contributed by atoms with Crippen molar-refractivity contribution in [3.8, 4) is 0 Å². The summed E-state index contributed by atoms with van der Waals surface area (Å²) in [7, 11) is 2.09. The maximum Gasteiger partial charge on any atom is 0.128 e. The summed E-state index contributed by atoms with van der Waals surface area (Å²) in [6.45, 7) is 7.42. The summed E-state index contributed by atoms with van der Waals surface area (Å²) in [6.07, 6.45) is 4.22. The molecular formula is C13H23N3. The molecule has 0 fully saturated rings. The molecule has 1 aromatic heterocycles. The van der Waals surface area contributed by atoms with E-state index in [0.717, 1.165) is 31.9 Å². The molecule has 1 heterocycles. The Morgan fingerprint density at radius 3 is 2.81 bits per heavy atom. The van der Waals surface area contributed by atoms with Crippen molar-refractivity contribution in [3.63, 3.8) is 0 Å². The zero-order chi connectivity index (χ0) is 11.8. The second-order valence-corrected chi connectivity index (χ2v) is 4.12. The lowest BCUT2D eigenvalue weighted by Crippen LogP contribution is -2.20. The lowest BCUT2D eigenvalue weighted by molar-refractivity contribution is 0.674. The normalized spacial score (nSPS) is 10.4. The number of hydrogen-bond donors (Lipinski definition) is 1. The van der Waals surface area contributed by atoms with E-state index in [-0.39, 0.29) is 0 Å². The van der Waals surface area contributed by atoms with Crippen LogP contribution in [0, 0.1) is 0 Å². The third-order valence-corrected chi connectivity index (χ3v) is 2.52. The summed E-state index contributed by atoms with van der Waals surface area (Å²) in [6, 6.07) is 4.24. The fourth-order valence-electron chi connectivity index (χ4n) is 1.64. The molecule has 0 saturated carbocycles. The number of anilines is 1. The third-order valence-electron chi connectivity index (χ3n) is 2.52. The molecule has 0 saturated heterocycles. The molecular weight excluding hydrogens is 198 g/mol. The van der Waals surface area contributed by atoms with Gasteiger partial charge in [-0.2, -0.15) is 0 Å². The first-order valence-corrected chi connectivity index (χ1v) is 6.14. The molecule has 0 aliphatic carbocycles. The van der Waals surface area contributed by atoms with Crippen molar-refractivity contribution in [1.82, 2.24) is 10.3 Å². The Balaban J connectivity index is 2.56. The van der Waals surface area contributed by atoms with Crippen molar-refractivity contribution in [2.45, 2.75) is 33.2 Å². The van der Waals surface area contributed by atoms with Crippen LogP contribution in [0.5, 0.6) is 0 Å². The highest BCUT2D eigenvalue weighted by Gasteiger charge is 2.01. The number of hydrogen-bond acceptors (Lipinski definition) is 3.